The zero-order valence-electron chi connectivity index (χ0n) is 12.4. The molecular formula is C13H19ClF3N5. The first-order valence-corrected chi connectivity index (χ1v) is 7.43. The highest BCUT2D eigenvalue weighted by Gasteiger charge is 2.34. The largest absolute Gasteiger partial charge is 0.433 e. The Bertz CT molecular complexity index is 501. The first-order valence-electron chi connectivity index (χ1n) is 7.06. The van der Waals surface area contributed by atoms with Crippen molar-refractivity contribution in [1.29, 1.82) is 0 Å². The van der Waals surface area contributed by atoms with Crippen molar-refractivity contribution in [2.24, 2.45) is 0 Å². The minimum absolute atomic E-state index is 0.0356. The van der Waals surface area contributed by atoms with E-state index in [2.05, 4.69) is 20.1 Å². The number of nitrogens with zero attached hydrogens (tertiary/aromatic N) is 3. The van der Waals surface area contributed by atoms with E-state index in [0.717, 1.165) is 31.7 Å². The summed E-state index contributed by atoms with van der Waals surface area (Å²) in [5.74, 6) is 0.238. The molecule has 1 saturated carbocycles. The van der Waals surface area contributed by atoms with Crippen molar-refractivity contribution in [3.05, 3.63) is 11.8 Å². The predicted octanol–water partition coefficient (Wildman–Crippen LogP) is 3.03. The summed E-state index contributed by atoms with van der Waals surface area (Å²) >= 11 is 5.59. The van der Waals surface area contributed by atoms with E-state index in [-0.39, 0.29) is 23.8 Å². The fraction of sp³-hybridized carbons (Fsp3) is 0.692. The van der Waals surface area contributed by atoms with Gasteiger partial charge >= 0.3 is 6.18 Å². The third-order valence-electron chi connectivity index (χ3n) is 3.64. The Morgan fingerprint density at radius 3 is 2.23 bits per heavy atom. The third-order valence-corrected chi connectivity index (χ3v) is 3.95. The molecule has 1 aromatic rings. The van der Waals surface area contributed by atoms with E-state index in [4.69, 9.17) is 11.8 Å². The number of hydrogen-bond donors (Lipinski definition) is 2. The Balaban J connectivity index is 2.15. The van der Waals surface area contributed by atoms with Crippen LogP contribution in [0.1, 0.15) is 31.4 Å². The molecule has 2 rings (SSSR count). The molecule has 124 valence electrons. The summed E-state index contributed by atoms with van der Waals surface area (Å²) in [7, 11) is 3.22. The summed E-state index contributed by atoms with van der Waals surface area (Å²) in [5.41, 5.74) is -0.940. The molecule has 0 radical (unpaired) electrons. The Kier molecular flexibility index (Phi) is 5.33. The average Bonchev–Trinajstić information content (AvgIpc) is 2.46. The zero-order valence-corrected chi connectivity index (χ0v) is 13.2. The lowest BCUT2D eigenvalue weighted by Gasteiger charge is -2.28. The second kappa shape index (κ2) is 6.87. The van der Waals surface area contributed by atoms with Gasteiger partial charge in [-0.2, -0.15) is 18.2 Å². The van der Waals surface area contributed by atoms with Crippen LogP contribution in [0.2, 0.25) is 0 Å². The summed E-state index contributed by atoms with van der Waals surface area (Å²) in [4.78, 5) is 11.8. The maximum absolute atomic E-state index is 12.9. The van der Waals surface area contributed by atoms with Crippen molar-refractivity contribution in [3.63, 3.8) is 0 Å². The number of nitrogens with one attached hydrogen (secondary N) is 2. The first kappa shape index (κ1) is 17.1. The highest BCUT2D eigenvalue weighted by molar-refractivity contribution is 6.13. The Hall–Kier alpha value is -1.28. The van der Waals surface area contributed by atoms with Gasteiger partial charge in [0.25, 0.3) is 0 Å². The van der Waals surface area contributed by atoms with Crippen LogP contribution in [-0.2, 0) is 6.18 Å². The molecule has 1 fully saturated rings. The predicted molar refractivity (Wildman–Crippen MR) is 80.0 cm³/mol. The highest BCUT2D eigenvalue weighted by Crippen LogP contribution is 2.31. The van der Waals surface area contributed by atoms with Gasteiger partial charge in [0.15, 0.2) is 5.69 Å². The van der Waals surface area contributed by atoms with Crippen molar-refractivity contribution in [3.8, 4) is 0 Å². The van der Waals surface area contributed by atoms with Crippen molar-refractivity contribution in [2.75, 3.05) is 24.3 Å². The minimum Gasteiger partial charge on any atom is -0.367 e. The molecule has 0 aliphatic heterocycles. The Morgan fingerprint density at radius 2 is 1.73 bits per heavy atom. The van der Waals surface area contributed by atoms with Crippen LogP contribution in [0.5, 0.6) is 0 Å². The maximum atomic E-state index is 12.9. The number of rotatable bonds is 4. The second-order valence-electron chi connectivity index (χ2n) is 5.63. The zero-order chi connectivity index (χ0) is 16.3. The number of aromatic nitrogens is 2. The van der Waals surface area contributed by atoms with Crippen molar-refractivity contribution >= 4 is 23.5 Å². The second-order valence-corrected chi connectivity index (χ2v) is 5.85. The molecule has 1 aromatic heterocycles. The van der Waals surface area contributed by atoms with Gasteiger partial charge in [-0.3, -0.25) is 0 Å². The molecule has 0 amide bonds. The summed E-state index contributed by atoms with van der Waals surface area (Å²) in [6, 6.07) is 1.30. The summed E-state index contributed by atoms with van der Waals surface area (Å²) in [6.07, 6.45) is -1.09. The average molecular weight is 338 g/mol. The van der Waals surface area contributed by atoms with Gasteiger partial charge in [0, 0.05) is 32.2 Å². The molecule has 0 saturated heterocycles. The van der Waals surface area contributed by atoms with E-state index >= 15 is 0 Å². The number of anilines is 2. The van der Waals surface area contributed by atoms with E-state index in [9.17, 15) is 13.2 Å². The van der Waals surface area contributed by atoms with Gasteiger partial charge in [-0.05, 0) is 37.5 Å². The Morgan fingerprint density at radius 1 is 1.14 bits per heavy atom. The molecule has 22 heavy (non-hydrogen) atoms. The molecule has 9 heteroatoms. The quantitative estimate of drug-likeness (QED) is 0.827. The maximum Gasteiger partial charge on any atom is 0.433 e. The van der Waals surface area contributed by atoms with E-state index in [1.165, 1.54) is 4.90 Å². The highest BCUT2D eigenvalue weighted by atomic mass is 35.5. The molecule has 1 heterocycles. The standard InChI is InChI=1S/C13H19ClF3N5/c1-22(2)12-19-10(13(15,16)17)7-11(20-12)18-8-3-5-9(21-14)6-4-8/h7-9,21H,3-6H2,1-2H3,(H,18,19,20). The molecule has 5 nitrogen and oxygen atoms in total. The molecule has 0 bridgehead atoms. The Labute approximate surface area is 132 Å². The topological polar surface area (TPSA) is 53.1 Å². The number of halogens is 4. The van der Waals surface area contributed by atoms with Gasteiger partial charge in [-0.15, -0.1) is 0 Å². The van der Waals surface area contributed by atoms with E-state index in [0.29, 0.717) is 0 Å². The third kappa shape index (κ3) is 4.36. The van der Waals surface area contributed by atoms with Crippen LogP contribution in [-0.4, -0.2) is 36.1 Å². The van der Waals surface area contributed by atoms with E-state index in [1.54, 1.807) is 14.1 Å². The van der Waals surface area contributed by atoms with Crippen LogP contribution < -0.4 is 15.1 Å². The number of hydrogen-bond acceptors (Lipinski definition) is 5. The molecule has 2 N–H and O–H groups in total. The van der Waals surface area contributed by atoms with Gasteiger partial charge in [-0.1, -0.05) is 0 Å². The van der Waals surface area contributed by atoms with Crippen LogP contribution in [0.25, 0.3) is 0 Å². The van der Waals surface area contributed by atoms with Gasteiger partial charge in [-0.25, -0.2) is 9.82 Å². The van der Waals surface area contributed by atoms with Crippen LogP contribution in [0, 0.1) is 0 Å². The normalized spacial score (nSPS) is 22.5. The van der Waals surface area contributed by atoms with Gasteiger partial charge in [0.05, 0.1) is 0 Å². The first-order chi connectivity index (χ1) is 10.3. The van der Waals surface area contributed by atoms with Crippen molar-refractivity contribution in [1.82, 2.24) is 14.8 Å². The molecule has 0 atom stereocenters. The van der Waals surface area contributed by atoms with Crippen LogP contribution >= 0.6 is 11.8 Å². The lowest BCUT2D eigenvalue weighted by Crippen LogP contribution is -2.33. The van der Waals surface area contributed by atoms with Crippen molar-refractivity contribution < 1.29 is 13.2 Å². The molecule has 0 spiro atoms. The molecule has 0 aromatic carbocycles. The summed E-state index contributed by atoms with van der Waals surface area (Å²) in [6.45, 7) is 0. The fourth-order valence-electron chi connectivity index (χ4n) is 2.41. The summed E-state index contributed by atoms with van der Waals surface area (Å²) in [5, 5.41) is 3.08. The molecule has 1 aliphatic rings. The van der Waals surface area contributed by atoms with Crippen LogP contribution in [0.4, 0.5) is 24.9 Å². The van der Waals surface area contributed by atoms with Gasteiger partial charge < -0.3 is 10.2 Å². The smallest absolute Gasteiger partial charge is 0.367 e. The molecular weight excluding hydrogens is 319 g/mol. The monoisotopic (exact) mass is 337 g/mol. The fourth-order valence-corrected chi connectivity index (χ4v) is 2.63. The van der Waals surface area contributed by atoms with E-state index < -0.39 is 11.9 Å². The minimum atomic E-state index is -4.50. The van der Waals surface area contributed by atoms with Crippen molar-refractivity contribution in [2.45, 2.75) is 43.9 Å². The van der Waals surface area contributed by atoms with Gasteiger partial charge in [0.2, 0.25) is 5.95 Å². The van der Waals surface area contributed by atoms with Crippen LogP contribution in [0.15, 0.2) is 6.07 Å². The molecule has 0 unspecified atom stereocenters. The SMILES string of the molecule is CN(C)c1nc(NC2CCC(NCl)CC2)cc(C(F)(F)F)n1. The van der Waals surface area contributed by atoms with E-state index in [1.807, 2.05) is 0 Å². The molecule has 1 aliphatic carbocycles. The lowest BCUT2D eigenvalue weighted by atomic mass is 9.92. The number of alkyl halides is 3. The van der Waals surface area contributed by atoms with Crippen LogP contribution in [0.3, 0.4) is 0 Å². The summed E-state index contributed by atoms with van der Waals surface area (Å²) < 4.78 is 38.8. The van der Waals surface area contributed by atoms with Gasteiger partial charge in [0.1, 0.15) is 5.82 Å². The lowest BCUT2D eigenvalue weighted by molar-refractivity contribution is -0.141.